The van der Waals surface area contributed by atoms with E-state index in [1.54, 1.807) is 0 Å². The van der Waals surface area contributed by atoms with E-state index in [-0.39, 0.29) is 5.41 Å². The van der Waals surface area contributed by atoms with Crippen molar-refractivity contribution < 1.29 is 4.39 Å². The highest BCUT2D eigenvalue weighted by Gasteiger charge is 2.45. The number of hydrogen-bond donors (Lipinski definition) is 0. The second-order valence-corrected chi connectivity index (χ2v) is 3.72. The Hall–Kier alpha value is -0.0700. The molecule has 1 saturated carbocycles. The standard InChI is InChI=1S/C7H13F/c1-7(2,3)5-4-6(5)8/h5-6H,4H2,1-3H3/t5-,6-/m0/s1. The molecule has 0 aromatic carbocycles. The van der Waals surface area contributed by atoms with Gasteiger partial charge in [-0.15, -0.1) is 0 Å². The van der Waals surface area contributed by atoms with E-state index >= 15 is 0 Å². The normalized spacial score (nSPS) is 37.5. The molecule has 0 nitrogen and oxygen atoms in total. The Morgan fingerprint density at radius 2 is 1.75 bits per heavy atom. The molecule has 0 aliphatic heterocycles. The molecule has 1 heteroatoms. The van der Waals surface area contributed by atoms with Gasteiger partial charge in [-0.1, -0.05) is 20.8 Å². The highest BCUT2D eigenvalue weighted by molar-refractivity contribution is 4.94. The minimum atomic E-state index is -0.491. The van der Waals surface area contributed by atoms with Gasteiger partial charge in [0.15, 0.2) is 0 Å². The van der Waals surface area contributed by atoms with Crippen LogP contribution in [-0.4, -0.2) is 6.17 Å². The zero-order valence-electron chi connectivity index (χ0n) is 5.74. The summed E-state index contributed by atoms with van der Waals surface area (Å²) >= 11 is 0. The first-order chi connectivity index (χ1) is 3.52. The smallest absolute Gasteiger partial charge is 0.104 e. The zero-order chi connectivity index (χ0) is 6.36. The molecule has 8 heavy (non-hydrogen) atoms. The third-order valence-electron chi connectivity index (χ3n) is 1.82. The van der Waals surface area contributed by atoms with Crippen LogP contribution in [0.2, 0.25) is 0 Å². The first-order valence-corrected chi connectivity index (χ1v) is 3.16. The van der Waals surface area contributed by atoms with E-state index in [0.717, 1.165) is 6.42 Å². The van der Waals surface area contributed by atoms with Gasteiger partial charge in [0, 0.05) is 0 Å². The molecule has 0 radical (unpaired) electrons. The van der Waals surface area contributed by atoms with Crippen molar-refractivity contribution in [2.45, 2.75) is 33.4 Å². The Bertz CT molecular complexity index is 91.1. The van der Waals surface area contributed by atoms with E-state index in [0.29, 0.717) is 5.92 Å². The molecule has 0 aromatic heterocycles. The van der Waals surface area contributed by atoms with Crippen LogP contribution in [0.4, 0.5) is 4.39 Å². The van der Waals surface area contributed by atoms with Crippen LogP contribution in [0.5, 0.6) is 0 Å². The highest BCUT2D eigenvalue weighted by atomic mass is 19.1. The van der Waals surface area contributed by atoms with Gasteiger partial charge in [-0.05, 0) is 17.8 Å². The lowest BCUT2D eigenvalue weighted by Crippen LogP contribution is -2.09. The van der Waals surface area contributed by atoms with Gasteiger partial charge in [0.25, 0.3) is 0 Å². The summed E-state index contributed by atoms with van der Waals surface area (Å²) < 4.78 is 12.3. The van der Waals surface area contributed by atoms with Crippen LogP contribution in [0, 0.1) is 11.3 Å². The van der Waals surface area contributed by atoms with Gasteiger partial charge in [0.2, 0.25) is 0 Å². The lowest BCUT2D eigenvalue weighted by atomic mass is 9.90. The molecule has 0 spiro atoms. The zero-order valence-corrected chi connectivity index (χ0v) is 5.74. The lowest BCUT2D eigenvalue weighted by Gasteiger charge is -2.15. The molecule has 0 heterocycles. The Morgan fingerprint density at radius 3 is 1.75 bits per heavy atom. The molecule has 0 N–H and O–H groups in total. The van der Waals surface area contributed by atoms with Crippen LogP contribution in [-0.2, 0) is 0 Å². The van der Waals surface area contributed by atoms with Crippen molar-refractivity contribution in [3.05, 3.63) is 0 Å². The Kier molecular flexibility index (Phi) is 1.10. The van der Waals surface area contributed by atoms with E-state index in [1.165, 1.54) is 0 Å². The topological polar surface area (TPSA) is 0 Å². The maximum Gasteiger partial charge on any atom is 0.104 e. The van der Waals surface area contributed by atoms with Gasteiger partial charge < -0.3 is 0 Å². The predicted molar refractivity (Wildman–Crippen MR) is 32.5 cm³/mol. The van der Waals surface area contributed by atoms with E-state index in [9.17, 15) is 4.39 Å². The molecule has 1 fully saturated rings. The summed E-state index contributed by atoms with van der Waals surface area (Å²) in [6, 6.07) is 0. The third-order valence-corrected chi connectivity index (χ3v) is 1.82. The molecule has 0 aromatic rings. The quantitative estimate of drug-likeness (QED) is 0.456. The fourth-order valence-electron chi connectivity index (χ4n) is 1.06. The van der Waals surface area contributed by atoms with Crippen molar-refractivity contribution in [2.75, 3.05) is 0 Å². The second kappa shape index (κ2) is 1.46. The second-order valence-electron chi connectivity index (χ2n) is 3.72. The van der Waals surface area contributed by atoms with Crippen molar-refractivity contribution in [1.82, 2.24) is 0 Å². The maximum atomic E-state index is 12.3. The van der Waals surface area contributed by atoms with Crippen LogP contribution in [0.25, 0.3) is 0 Å². The monoisotopic (exact) mass is 116 g/mol. The van der Waals surface area contributed by atoms with Crippen molar-refractivity contribution in [3.8, 4) is 0 Å². The van der Waals surface area contributed by atoms with Gasteiger partial charge in [0.1, 0.15) is 6.17 Å². The van der Waals surface area contributed by atoms with E-state index in [4.69, 9.17) is 0 Å². The van der Waals surface area contributed by atoms with Crippen LogP contribution in [0.1, 0.15) is 27.2 Å². The minimum Gasteiger partial charge on any atom is -0.247 e. The molecule has 2 atom stereocenters. The summed E-state index contributed by atoms with van der Waals surface area (Å²) in [5.41, 5.74) is 0.208. The summed E-state index contributed by atoms with van der Waals surface area (Å²) in [5.74, 6) is 0.350. The van der Waals surface area contributed by atoms with E-state index in [2.05, 4.69) is 20.8 Å². The van der Waals surface area contributed by atoms with E-state index in [1.807, 2.05) is 0 Å². The average Bonchev–Trinajstić information content (AvgIpc) is 2.13. The first-order valence-electron chi connectivity index (χ1n) is 3.16. The lowest BCUT2D eigenvalue weighted by molar-refractivity contribution is 0.297. The van der Waals surface area contributed by atoms with Crippen LogP contribution < -0.4 is 0 Å². The Balaban J connectivity index is 2.39. The molecule has 1 rings (SSSR count). The molecule has 48 valence electrons. The average molecular weight is 116 g/mol. The summed E-state index contributed by atoms with van der Waals surface area (Å²) in [6.45, 7) is 6.28. The summed E-state index contributed by atoms with van der Waals surface area (Å²) in [6.07, 6.45) is 0.304. The first kappa shape index (κ1) is 6.06. The highest BCUT2D eigenvalue weighted by Crippen LogP contribution is 2.47. The molecular formula is C7H13F. The molecule has 0 bridgehead atoms. The fraction of sp³-hybridized carbons (Fsp3) is 1.00. The van der Waals surface area contributed by atoms with Crippen molar-refractivity contribution in [2.24, 2.45) is 11.3 Å². The minimum absolute atomic E-state index is 0.208. The number of rotatable bonds is 0. The maximum absolute atomic E-state index is 12.3. The van der Waals surface area contributed by atoms with Crippen LogP contribution in [0.15, 0.2) is 0 Å². The number of halogens is 1. The van der Waals surface area contributed by atoms with Gasteiger partial charge in [0.05, 0.1) is 0 Å². The molecule has 0 saturated heterocycles. The van der Waals surface area contributed by atoms with Gasteiger partial charge in [-0.25, -0.2) is 4.39 Å². The summed E-state index contributed by atoms with van der Waals surface area (Å²) in [7, 11) is 0. The van der Waals surface area contributed by atoms with Crippen LogP contribution in [0.3, 0.4) is 0 Å². The summed E-state index contributed by atoms with van der Waals surface area (Å²) in [5, 5.41) is 0. The molecule has 0 amide bonds. The molecule has 1 aliphatic rings. The predicted octanol–water partition coefficient (Wildman–Crippen LogP) is 2.39. The summed E-state index contributed by atoms with van der Waals surface area (Å²) in [4.78, 5) is 0. The Labute approximate surface area is 50.1 Å². The molecular weight excluding hydrogens is 103 g/mol. The van der Waals surface area contributed by atoms with Crippen molar-refractivity contribution in [1.29, 1.82) is 0 Å². The van der Waals surface area contributed by atoms with Crippen molar-refractivity contribution in [3.63, 3.8) is 0 Å². The number of alkyl halides is 1. The number of hydrogen-bond acceptors (Lipinski definition) is 0. The third kappa shape index (κ3) is 1.01. The Morgan fingerprint density at radius 1 is 1.38 bits per heavy atom. The van der Waals surface area contributed by atoms with Gasteiger partial charge >= 0.3 is 0 Å². The van der Waals surface area contributed by atoms with Crippen molar-refractivity contribution >= 4 is 0 Å². The van der Waals surface area contributed by atoms with Crippen LogP contribution >= 0.6 is 0 Å². The largest absolute Gasteiger partial charge is 0.247 e. The molecule has 1 aliphatic carbocycles. The molecule has 0 unspecified atom stereocenters. The van der Waals surface area contributed by atoms with Gasteiger partial charge in [-0.3, -0.25) is 0 Å². The fourth-order valence-corrected chi connectivity index (χ4v) is 1.06. The van der Waals surface area contributed by atoms with Gasteiger partial charge in [-0.2, -0.15) is 0 Å². The van der Waals surface area contributed by atoms with E-state index < -0.39 is 6.17 Å². The SMILES string of the molecule is CC(C)(C)[C@H]1C[C@@H]1F.